The highest BCUT2D eigenvalue weighted by Gasteiger charge is 2.27. The highest BCUT2D eigenvalue weighted by molar-refractivity contribution is 5.95. The molecule has 0 aliphatic carbocycles. The molecule has 0 bridgehead atoms. The van der Waals surface area contributed by atoms with E-state index in [4.69, 9.17) is 4.74 Å². The van der Waals surface area contributed by atoms with Gasteiger partial charge in [-0.2, -0.15) is 0 Å². The summed E-state index contributed by atoms with van der Waals surface area (Å²) in [5.41, 5.74) is 0.764. The summed E-state index contributed by atoms with van der Waals surface area (Å²) < 4.78 is 7.26. The van der Waals surface area contributed by atoms with Crippen LogP contribution in [0.25, 0.3) is 0 Å². The highest BCUT2D eigenvalue weighted by Crippen LogP contribution is 2.16. The molecule has 2 fully saturated rings. The Morgan fingerprint density at radius 2 is 2.07 bits per heavy atom. The fourth-order valence-electron chi connectivity index (χ4n) is 3.83. The van der Waals surface area contributed by atoms with Gasteiger partial charge in [0.1, 0.15) is 11.4 Å². The maximum atomic E-state index is 13.1. The SMILES string of the molecule is Cc1ccn(CC2CCCO2)c(=O)c1C(=O)N1CCN(c2cnccn2)CC1. The molecule has 148 valence electrons. The Morgan fingerprint density at radius 3 is 2.75 bits per heavy atom. The third-order valence-corrected chi connectivity index (χ3v) is 5.45. The summed E-state index contributed by atoms with van der Waals surface area (Å²) in [5.74, 6) is 0.618. The number of nitrogens with zero attached hydrogens (tertiary/aromatic N) is 5. The minimum atomic E-state index is -0.225. The number of piperazine rings is 1. The molecule has 0 spiro atoms. The summed E-state index contributed by atoms with van der Waals surface area (Å²) >= 11 is 0. The molecule has 8 nitrogen and oxygen atoms in total. The third-order valence-electron chi connectivity index (χ3n) is 5.45. The fraction of sp³-hybridized carbons (Fsp3) is 0.500. The van der Waals surface area contributed by atoms with E-state index in [-0.39, 0.29) is 23.1 Å². The van der Waals surface area contributed by atoms with Gasteiger partial charge in [0, 0.05) is 51.4 Å². The van der Waals surface area contributed by atoms with Gasteiger partial charge < -0.3 is 19.1 Å². The standard InChI is InChI=1S/C20H25N5O3/c1-15-4-7-25(14-16-3-2-12-28-16)20(27)18(15)19(26)24-10-8-23(9-11-24)17-13-21-5-6-22-17/h4-7,13,16H,2-3,8-12,14H2,1H3. The summed E-state index contributed by atoms with van der Waals surface area (Å²) in [4.78, 5) is 38.4. The second kappa shape index (κ2) is 8.10. The van der Waals surface area contributed by atoms with Gasteiger partial charge in [0.15, 0.2) is 0 Å². The van der Waals surface area contributed by atoms with Crippen LogP contribution in [0.2, 0.25) is 0 Å². The maximum Gasteiger partial charge on any atom is 0.263 e. The van der Waals surface area contributed by atoms with Crippen molar-refractivity contribution < 1.29 is 9.53 Å². The predicted octanol–water partition coefficient (Wildman–Crippen LogP) is 1.09. The first kappa shape index (κ1) is 18.6. The molecule has 2 aromatic rings. The maximum absolute atomic E-state index is 13.1. The Labute approximate surface area is 163 Å². The van der Waals surface area contributed by atoms with E-state index in [0.29, 0.717) is 32.7 Å². The number of hydrogen-bond acceptors (Lipinski definition) is 6. The molecule has 28 heavy (non-hydrogen) atoms. The number of anilines is 1. The smallest absolute Gasteiger partial charge is 0.263 e. The van der Waals surface area contributed by atoms with Crippen LogP contribution in [0.1, 0.15) is 28.8 Å². The molecule has 1 amide bonds. The van der Waals surface area contributed by atoms with E-state index in [1.807, 2.05) is 13.0 Å². The van der Waals surface area contributed by atoms with Gasteiger partial charge in [-0.15, -0.1) is 0 Å². The number of amides is 1. The topological polar surface area (TPSA) is 80.6 Å². The summed E-state index contributed by atoms with van der Waals surface area (Å²) in [6, 6.07) is 1.85. The lowest BCUT2D eigenvalue weighted by molar-refractivity contribution is 0.0740. The molecule has 0 saturated carbocycles. The fourth-order valence-corrected chi connectivity index (χ4v) is 3.83. The van der Waals surface area contributed by atoms with E-state index in [1.165, 1.54) is 0 Å². The van der Waals surface area contributed by atoms with Gasteiger partial charge >= 0.3 is 0 Å². The Bertz CT molecular complexity index is 884. The first-order chi connectivity index (χ1) is 13.6. The van der Waals surface area contributed by atoms with Crippen LogP contribution >= 0.6 is 0 Å². The quantitative estimate of drug-likeness (QED) is 0.786. The van der Waals surface area contributed by atoms with Crippen LogP contribution < -0.4 is 10.5 Å². The van der Waals surface area contributed by atoms with Gasteiger partial charge in [-0.3, -0.25) is 14.6 Å². The average molecular weight is 383 g/mol. The molecule has 1 unspecified atom stereocenters. The lowest BCUT2D eigenvalue weighted by atomic mass is 10.1. The molecular formula is C20H25N5O3. The largest absolute Gasteiger partial charge is 0.376 e. The first-order valence-corrected chi connectivity index (χ1v) is 9.75. The molecule has 1 atom stereocenters. The van der Waals surface area contributed by atoms with E-state index in [2.05, 4.69) is 14.9 Å². The number of ether oxygens (including phenoxy) is 1. The summed E-state index contributed by atoms with van der Waals surface area (Å²) in [7, 11) is 0. The molecule has 8 heteroatoms. The number of aromatic nitrogens is 3. The van der Waals surface area contributed by atoms with Crippen LogP contribution in [0.3, 0.4) is 0 Å². The van der Waals surface area contributed by atoms with Crippen LogP contribution in [0.5, 0.6) is 0 Å². The Hall–Kier alpha value is -2.74. The molecular weight excluding hydrogens is 358 g/mol. The van der Waals surface area contributed by atoms with Crippen molar-refractivity contribution in [3.05, 3.63) is 52.3 Å². The van der Waals surface area contributed by atoms with E-state index in [0.717, 1.165) is 30.8 Å². The van der Waals surface area contributed by atoms with E-state index >= 15 is 0 Å². The molecule has 2 aromatic heterocycles. The van der Waals surface area contributed by atoms with Crippen molar-refractivity contribution in [1.82, 2.24) is 19.4 Å². The minimum absolute atomic E-state index is 0.0545. The van der Waals surface area contributed by atoms with Crippen molar-refractivity contribution in [2.24, 2.45) is 0 Å². The van der Waals surface area contributed by atoms with E-state index in [9.17, 15) is 9.59 Å². The van der Waals surface area contributed by atoms with Crippen molar-refractivity contribution in [2.75, 3.05) is 37.7 Å². The van der Waals surface area contributed by atoms with Crippen LogP contribution in [-0.2, 0) is 11.3 Å². The monoisotopic (exact) mass is 383 g/mol. The normalized spacial score (nSPS) is 19.8. The third kappa shape index (κ3) is 3.77. The number of rotatable bonds is 4. The van der Waals surface area contributed by atoms with Gasteiger partial charge in [-0.25, -0.2) is 4.98 Å². The van der Waals surface area contributed by atoms with Crippen LogP contribution in [0.4, 0.5) is 5.82 Å². The molecule has 0 N–H and O–H groups in total. The Balaban J connectivity index is 1.48. The van der Waals surface area contributed by atoms with E-state index < -0.39 is 0 Å². The molecule has 2 saturated heterocycles. The van der Waals surface area contributed by atoms with Crippen molar-refractivity contribution in [1.29, 1.82) is 0 Å². The molecule has 2 aliphatic heterocycles. The van der Waals surface area contributed by atoms with Crippen LogP contribution in [0.15, 0.2) is 35.6 Å². The van der Waals surface area contributed by atoms with Crippen molar-refractivity contribution in [3.8, 4) is 0 Å². The zero-order valence-corrected chi connectivity index (χ0v) is 16.1. The molecule has 4 heterocycles. The average Bonchev–Trinajstić information content (AvgIpc) is 3.24. The zero-order chi connectivity index (χ0) is 19.5. The highest BCUT2D eigenvalue weighted by atomic mass is 16.5. The molecule has 4 rings (SSSR count). The minimum Gasteiger partial charge on any atom is -0.376 e. The van der Waals surface area contributed by atoms with Crippen molar-refractivity contribution in [2.45, 2.75) is 32.4 Å². The summed E-state index contributed by atoms with van der Waals surface area (Å²) in [5, 5.41) is 0. The Morgan fingerprint density at radius 1 is 1.25 bits per heavy atom. The van der Waals surface area contributed by atoms with Crippen molar-refractivity contribution >= 4 is 11.7 Å². The number of hydrogen-bond donors (Lipinski definition) is 0. The van der Waals surface area contributed by atoms with Crippen LogP contribution in [0, 0.1) is 6.92 Å². The summed E-state index contributed by atoms with van der Waals surface area (Å²) in [6.45, 7) is 5.50. The van der Waals surface area contributed by atoms with E-state index in [1.54, 1.807) is 34.3 Å². The van der Waals surface area contributed by atoms with Gasteiger partial charge in [-0.1, -0.05) is 0 Å². The zero-order valence-electron chi connectivity index (χ0n) is 16.1. The van der Waals surface area contributed by atoms with Crippen LogP contribution in [-0.4, -0.2) is 64.2 Å². The second-order valence-corrected chi connectivity index (χ2v) is 7.31. The van der Waals surface area contributed by atoms with Gasteiger partial charge in [0.2, 0.25) is 0 Å². The predicted molar refractivity (Wildman–Crippen MR) is 105 cm³/mol. The van der Waals surface area contributed by atoms with Gasteiger partial charge in [0.25, 0.3) is 11.5 Å². The number of carbonyl (C=O) groups is 1. The van der Waals surface area contributed by atoms with Gasteiger partial charge in [0.05, 0.1) is 18.8 Å². The first-order valence-electron chi connectivity index (χ1n) is 9.75. The number of pyridine rings is 1. The summed E-state index contributed by atoms with van der Waals surface area (Å²) in [6.07, 6.45) is 8.82. The second-order valence-electron chi connectivity index (χ2n) is 7.31. The molecule has 0 radical (unpaired) electrons. The lowest BCUT2D eigenvalue weighted by Crippen LogP contribution is -2.50. The van der Waals surface area contributed by atoms with Gasteiger partial charge in [-0.05, 0) is 31.4 Å². The Kier molecular flexibility index (Phi) is 5.38. The number of carbonyl (C=O) groups excluding carboxylic acids is 1. The molecule has 2 aliphatic rings. The lowest BCUT2D eigenvalue weighted by Gasteiger charge is -2.35. The number of aryl methyl sites for hydroxylation is 1. The van der Waals surface area contributed by atoms with Crippen molar-refractivity contribution in [3.63, 3.8) is 0 Å². The molecule has 0 aromatic carbocycles.